The van der Waals surface area contributed by atoms with Crippen LogP contribution in [0.25, 0.3) is 0 Å². The van der Waals surface area contributed by atoms with Crippen molar-refractivity contribution >= 4 is 23.2 Å². The van der Waals surface area contributed by atoms with E-state index in [-0.39, 0.29) is 5.91 Å². The van der Waals surface area contributed by atoms with Crippen LogP contribution >= 0.6 is 11.6 Å². The van der Waals surface area contributed by atoms with Crippen molar-refractivity contribution < 1.29 is 9.53 Å². The first-order chi connectivity index (χ1) is 10.7. The number of anilines is 1. The van der Waals surface area contributed by atoms with Crippen molar-refractivity contribution in [2.24, 2.45) is 0 Å². The molecule has 5 heteroatoms. The molecule has 0 aliphatic carbocycles. The van der Waals surface area contributed by atoms with Crippen LogP contribution in [0.4, 0.5) is 5.69 Å². The standard InChI is InChI=1S/C17H19ClN2O2/c1-2-3-6-11-22-15-8-5-4-7-14(15)17(21)20-13-9-10-16(18)19-12-13/h4-5,7-10,12H,2-3,6,11H2,1H3,(H,20,21). The Kier molecular flexibility index (Phi) is 6.22. The van der Waals surface area contributed by atoms with Crippen LogP contribution in [0, 0.1) is 0 Å². The molecule has 1 aromatic heterocycles. The summed E-state index contributed by atoms with van der Waals surface area (Å²) < 4.78 is 5.72. The number of unbranched alkanes of at least 4 members (excludes halogenated alkanes) is 2. The predicted molar refractivity (Wildman–Crippen MR) is 88.7 cm³/mol. The van der Waals surface area contributed by atoms with Crippen molar-refractivity contribution in [1.29, 1.82) is 0 Å². The normalized spacial score (nSPS) is 10.3. The zero-order valence-corrected chi connectivity index (χ0v) is 13.3. The molecule has 0 aliphatic heterocycles. The maximum Gasteiger partial charge on any atom is 0.259 e. The fraction of sp³-hybridized carbons (Fsp3) is 0.294. The number of para-hydroxylation sites is 1. The maximum absolute atomic E-state index is 12.4. The first-order valence-corrected chi connectivity index (χ1v) is 7.73. The number of carbonyl (C=O) groups is 1. The quantitative estimate of drug-likeness (QED) is 0.601. The van der Waals surface area contributed by atoms with E-state index in [9.17, 15) is 4.79 Å². The monoisotopic (exact) mass is 318 g/mol. The molecule has 22 heavy (non-hydrogen) atoms. The van der Waals surface area contributed by atoms with E-state index in [0.29, 0.717) is 28.8 Å². The van der Waals surface area contributed by atoms with Gasteiger partial charge in [0.15, 0.2) is 0 Å². The second-order valence-corrected chi connectivity index (χ2v) is 5.26. The third kappa shape index (κ3) is 4.74. The van der Waals surface area contributed by atoms with Gasteiger partial charge in [0, 0.05) is 0 Å². The molecule has 2 rings (SSSR count). The summed E-state index contributed by atoms with van der Waals surface area (Å²) in [5.74, 6) is 0.369. The van der Waals surface area contributed by atoms with Gasteiger partial charge in [0.1, 0.15) is 10.9 Å². The molecule has 0 saturated carbocycles. The zero-order valence-electron chi connectivity index (χ0n) is 12.5. The molecule has 1 heterocycles. The lowest BCUT2D eigenvalue weighted by Gasteiger charge is -2.11. The van der Waals surface area contributed by atoms with Gasteiger partial charge in [-0.05, 0) is 30.7 Å². The Morgan fingerprint density at radius 2 is 2.05 bits per heavy atom. The van der Waals surface area contributed by atoms with E-state index in [1.807, 2.05) is 12.1 Å². The Morgan fingerprint density at radius 3 is 2.77 bits per heavy atom. The minimum Gasteiger partial charge on any atom is -0.493 e. The Bertz CT molecular complexity index is 614. The Hall–Kier alpha value is -2.07. The van der Waals surface area contributed by atoms with E-state index < -0.39 is 0 Å². The molecule has 0 spiro atoms. The summed E-state index contributed by atoms with van der Waals surface area (Å²) >= 11 is 5.73. The van der Waals surface area contributed by atoms with Crippen molar-refractivity contribution in [1.82, 2.24) is 4.98 Å². The zero-order chi connectivity index (χ0) is 15.8. The van der Waals surface area contributed by atoms with Gasteiger partial charge < -0.3 is 10.1 Å². The molecule has 0 unspecified atom stereocenters. The summed E-state index contributed by atoms with van der Waals surface area (Å²) in [4.78, 5) is 16.3. The van der Waals surface area contributed by atoms with E-state index in [0.717, 1.165) is 19.3 Å². The van der Waals surface area contributed by atoms with Gasteiger partial charge in [0.2, 0.25) is 0 Å². The number of rotatable bonds is 7. The number of nitrogens with one attached hydrogen (secondary N) is 1. The van der Waals surface area contributed by atoms with E-state index in [1.165, 1.54) is 6.20 Å². The second kappa shape index (κ2) is 8.39. The number of hydrogen-bond donors (Lipinski definition) is 1. The summed E-state index contributed by atoms with van der Waals surface area (Å²) in [5, 5.41) is 3.17. The predicted octanol–water partition coefficient (Wildman–Crippen LogP) is 4.56. The highest BCUT2D eigenvalue weighted by Gasteiger charge is 2.12. The van der Waals surface area contributed by atoms with Gasteiger partial charge in [-0.2, -0.15) is 0 Å². The van der Waals surface area contributed by atoms with Crippen LogP contribution in [-0.4, -0.2) is 17.5 Å². The number of ether oxygens (including phenoxy) is 1. The molecular weight excluding hydrogens is 300 g/mol. The average molecular weight is 319 g/mol. The highest BCUT2D eigenvalue weighted by atomic mass is 35.5. The molecule has 0 fully saturated rings. The summed E-state index contributed by atoms with van der Waals surface area (Å²) in [6.07, 6.45) is 4.75. The van der Waals surface area contributed by atoms with Gasteiger partial charge in [0.05, 0.1) is 24.1 Å². The smallest absolute Gasteiger partial charge is 0.259 e. The molecule has 1 N–H and O–H groups in total. The summed E-state index contributed by atoms with van der Waals surface area (Å²) in [6, 6.07) is 10.6. The summed E-state index contributed by atoms with van der Waals surface area (Å²) in [6.45, 7) is 2.75. The van der Waals surface area contributed by atoms with E-state index in [1.54, 1.807) is 24.3 Å². The third-order valence-corrected chi connectivity index (χ3v) is 3.35. The fourth-order valence-electron chi connectivity index (χ4n) is 1.96. The van der Waals surface area contributed by atoms with Crippen LogP contribution in [0.1, 0.15) is 36.5 Å². The molecule has 2 aromatic rings. The summed E-state index contributed by atoms with van der Waals surface area (Å²) in [5.41, 5.74) is 1.10. The number of halogens is 1. The molecule has 0 aliphatic rings. The number of amides is 1. The van der Waals surface area contributed by atoms with E-state index in [4.69, 9.17) is 16.3 Å². The van der Waals surface area contributed by atoms with Gasteiger partial charge in [-0.3, -0.25) is 4.79 Å². The van der Waals surface area contributed by atoms with Crippen molar-refractivity contribution in [3.63, 3.8) is 0 Å². The van der Waals surface area contributed by atoms with E-state index in [2.05, 4.69) is 17.2 Å². The van der Waals surface area contributed by atoms with Crippen LogP contribution in [0.2, 0.25) is 5.15 Å². The van der Waals surface area contributed by atoms with Gasteiger partial charge in [-0.15, -0.1) is 0 Å². The van der Waals surface area contributed by atoms with Gasteiger partial charge in [-0.1, -0.05) is 43.5 Å². The van der Waals surface area contributed by atoms with Crippen molar-refractivity contribution in [3.05, 3.63) is 53.3 Å². The molecule has 116 valence electrons. The Labute approximate surface area is 135 Å². The van der Waals surface area contributed by atoms with Crippen LogP contribution in [0.15, 0.2) is 42.6 Å². The highest BCUT2D eigenvalue weighted by Crippen LogP contribution is 2.20. The molecule has 4 nitrogen and oxygen atoms in total. The van der Waals surface area contributed by atoms with Crippen molar-refractivity contribution in [2.75, 3.05) is 11.9 Å². The van der Waals surface area contributed by atoms with Crippen molar-refractivity contribution in [3.8, 4) is 5.75 Å². The van der Waals surface area contributed by atoms with Gasteiger partial charge >= 0.3 is 0 Å². The molecule has 0 radical (unpaired) electrons. The summed E-state index contributed by atoms with van der Waals surface area (Å²) in [7, 11) is 0. The lowest BCUT2D eigenvalue weighted by molar-refractivity contribution is 0.102. The first kappa shape index (κ1) is 16.3. The van der Waals surface area contributed by atoms with E-state index >= 15 is 0 Å². The van der Waals surface area contributed by atoms with Gasteiger partial charge in [0.25, 0.3) is 5.91 Å². The van der Waals surface area contributed by atoms with Gasteiger partial charge in [-0.25, -0.2) is 4.98 Å². The number of pyridine rings is 1. The molecule has 1 aromatic carbocycles. The third-order valence-electron chi connectivity index (χ3n) is 3.12. The number of benzene rings is 1. The van der Waals surface area contributed by atoms with Crippen LogP contribution < -0.4 is 10.1 Å². The lowest BCUT2D eigenvalue weighted by atomic mass is 10.2. The molecule has 0 saturated heterocycles. The Morgan fingerprint density at radius 1 is 1.23 bits per heavy atom. The minimum absolute atomic E-state index is 0.227. The molecule has 0 atom stereocenters. The number of hydrogen-bond acceptors (Lipinski definition) is 3. The Balaban J connectivity index is 2.03. The van der Waals surface area contributed by atoms with Crippen LogP contribution in [-0.2, 0) is 0 Å². The van der Waals surface area contributed by atoms with Crippen molar-refractivity contribution in [2.45, 2.75) is 26.2 Å². The largest absolute Gasteiger partial charge is 0.493 e. The minimum atomic E-state index is -0.227. The van der Waals surface area contributed by atoms with Crippen LogP contribution in [0.5, 0.6) is 5.75 Å². The maximum atomic E-state index is 12.4. The second-order valence-electron chi connectivity index (χ2n) is 4.88. The van der Waals surface area contributed by atoms with Crippen LogP contribution in [0.3, 0.4) is 0 Å². The average Bonchev–Trinajstić information content (AvgIpc) is 2.54. The lowest BCUT2D eigenvalue weighted by Crippen LogP contribution is -2.14. The number of nitrogens with zero attached hydrogens (tertiary/aromatic N) is 1. The molecule has 1 amide bonds. The number of aromatic nitrogens is 1. The topological polar surface area (TPSA) is 51.2 Å². The fourth-order valence-corrected chi connectivity index (χ4v) is 2.07. The first-order valence-electron chi connectivity index (χ1n) is 7.35. The molecule has 0 bridgehead atoms. The SMILES string of the molecule is CCCCCOc1ccccc1C(=O)Nc1ccc(Cl)nc1. The number of carbonyl (C=O) groups excluding carboxylic acids is 1. The molecular formula is C17H19ClN2O2. The highest BCUT2D eigenvalue weighted by molar-refractivity contribution is 6.29.